The summed E-state index contributed by atoms with van der Waals surface area (Å²) in [6, 6.07) is 1.83. The molecule has 9 heteroatoms. The van der Waals surface area contributed by atoms with Gasteiger partial charge in [-0.2, -0.15) is 0 Å². The van der Waals surface area contributed by atoms with Gasteiger partial charge >= 0.3 is 0 Å². The Morgan fingerprint density at radius 3 is 2.47 bits per heavy atom. The third-order valence-corrected chi connectivity index (χ3v) is 3.42. The summed E-state index contributed by atoms with van der Waals surface area (Å²) in [4.78, 5) is 9.34. The minimum atomic E-state index is -4.14. The van der Waals surface area contributed by atoms with E-state index in [9.17, 15) is 18.5 Å². The second kappa shape index (κ2) is 5.07. The van der Waals surface area contributed by atoms with Gasteiger partial charge in [0.1, 0.15) is 15.7 Å². The van der Waals surface area contributed by atoms with Gasteiger partial charge in [-0.15, -0.1) is 0 Å². The van der Waals surface area contributed by atoms with Gasteiger partial charge in [-0.05, 0) is 6.92 Å². The van der Waals surface area contributed by atoms with Gasteiger partial charge in [-0.1, -0.05) is 11.6 Å². The van der Waals surface area contributed by atoms with Crippen LogP contribution in [0, 0.1) is 10.1 Å². The maximum Gasteiger partial charge on any atom is 0.289 e. The zero-order valence-corrected chi connectivity index (χ0v) is 10.8. The van der Waals surface area contributed by atoms with Crippen LogP contribution >= 0.6 is 22.3 Å². The summed E-state index contributed by atoms with van der Waals surface area (Å²) >= 11 is 5.62. The van der Waals surface area contributed by atoms with Gasteiger partial charge in [-0.3, -0.25) is 10.1 Å². The molecule has 0 saturated carbocycles. The normalized spacial score (nSPS) is 11.2. The second-order valence-corrected chi connectivity index (χ2v) is 5.82. The monoisotopic (exact) mass is 299 g/mol. The van der Waals surface area contributed by atoms with E-state index in [1.807, 2.05) is 0 Å². The SMILES string of the molecule is CCOc1cc(Cl)c([N+](=O)[O-])cc1S(=O)(=O)Cl. The van der Waals surface area contributed by atoms with E-state index in [2.05, 4.69) is 0 Å². The Kier molecular flexibility index (Phi) is 4.18. The maximum atomic E-state index is 11.2. The molecular weight excluding hydrogens is 293 g/mol. The molecule has 0 fully saturated rings. The van der Waals surface area contributed by atoms with E-state index in [1.165, 1.54) is 0 Å². The zero-order chi connectivity index (χ0) is 13.2. The average molecular weight is 300 g/mol. The van der Waals surface area contributed by atoms with Crippen LogP contribution in [0.4, 0.5) is 5.69 Å². The van der Waals surface area contributed by atoms with Crippen molar-refractivity contribution in [2.24, 2.45) is 0 Å². The fraction of sp³-hybridized carbons (Fsp3) is 0.250. The summed E-state index contributed by atoms with van der Waals surface area (Å²) in [6.45, 7) is 1.80. The summed E-state index contributed by atoms with van der Waals surface area (Å²) in [5.41, 5.74) is -0.547. The maximum absolute atomic E-state index is 11.2. The molecule has 0 radical (unpaired) electrons. The molecule has 0 N–H and O–H groups in total. The predicted molar refractivity (Wildman–Crippen MR) is 62.3 cm³/mol. The molecule has 0 saturated heterocycles. The van der Waals surface area contributed by atoms with Gasteiger partial charge in [-0.25, -0.2) is 8.42 Å². The average Bonchev–Trinajstić information content (AvgIpc) is 2.15. The number of rotatable bonds is 4. The standard InChI is InChI=1S/C8H7Cl2NO5S/c1-2-16-7-3-5(9)6(11(12)13)4-8(7)17(10,14)15/h3-4H,2H2,1H3. The summed E-state index contributed by atoms with van der Waals surface area (Å²) in [6.07, 6.45) is 0. The van der Waals surface area contributed by atoms with Crippen molar-refractivity contribution in [3.63, 3.8) is 0 Å². The molecule has 0 aliphatic carbocycles. The van der Waals surface area contributed by atoms with E-state index < -0.39 is 24.6 Å². The lowest BCUT2D eigenvalue weighted by atomic mass is 10.3. The lowest BCUT2D eigenvalue weighted by Crippen LogP contribution is -2.01. The smallest absolute Gasteiger partial charge is 0.289 e. The van der Waals surface area contributed by atoms with Crippen LogP contribution in [-0.2, 0) is 9.05 Å². The highest BCUT2D eigenvalue weighted by Crippen LogP contribution is 2.36. The number of halogens is 2. The Bertz CT molecular complexity index is 557. The number of nitro benzene ring substituents is 1. The molecule has 0 spiro atoms. The molecule has 0 aliphatic heterocycles. The van der Waals surface area contributed by atoms with Crippen LogP contribution in [0.15, 0.2) is 17.0 Å². The molecular formula is C8H7Cl2NO5S. The fourth-order valence-corrected chi connectivity index (χ4v) is 2.32. The van der Waals surface area contributed by atoms with Crippen molar-refractivity contribution >= 4 is 37.0 Å². The number of ether oxygens (including phenoxy) is 1. The summed E-state index contributed by atoms with van der Waals surface area (Å²) in [5, 5.41) is 10.4. The highest BCUT2D eigenvalue weighted by molar-refractivity contribution is 8.13. The number of hydrogen-bond acceptors (Lipinski definition) is 5. The van der Waals surface area contributed by atoms with Crippen molar-refractivity contribution in [3.05, 3.63) is 27.3 Å². The van der Waals surface area contributed by atoms with Gasteiger partial charge in [0, 0.05) is 22.8 Å². The summed E-state index contributed by atoms with van der Waals surface area (Å²) in [5.74, 6) is -0.113. The zero-order valence-electron chi connectivity index (χ0n) is 8.51. The molecule has 0 atom stereocenters. The van der Waals surface area contributed by atoms with Crippen LogP contribution in [0.5, 0.6) is 5.75 Å². The molecule has 94 valence electrons. The van der Waals surface area contributed by atoms with E-state index in [4.69, 9.17) is 27.0 Å². The molecule has 1 aromatic rings. The molecule has 17 heavy (non-hydrogen) atoms. The van der Waals surface area contributed by atoms with Crippen molar-refractivity contribution in [1.82, 2.24) is 0 Å². The van der Waals surface area contributed by atoms with E-state index >= 15 is 0 Å². The van der Waals surface area contributed by atoms with Crippen molar-refractivity contribution in [2.75, 3.05) is 6.61 Å². The Morgan fingerprint density at radius 2 is 2.06 bits per heavy atom. The third kappa shape index (κ3) is 3.21. The Morgan fingerprint density at radius 1 is 1.47 bits per heavy atom. The largest absolute Gasteiger partial charge is 0.492 e. The quantitative estimate of drug-likeness (QED) is 0.484. The van der Waals surface area contributed by atoms with E-state index in [1.54, 1.807) is 6.92 Å². The first kappa shape index (κ1) is 14.0. The van der Waals surface area contributed by atoms with Crippen molar-refractivity contribution in [3.8, 4) is 5.75 Å². The summed E-state index contributed by atoms with van der Waals surface area (Å²) in [7, 11) is 1.01. The lowest BCUT2D eigenvalue weighted by molar-refractivity contribution is -0.384. The van der Waals surface area contributed by atoms with Gasteiger partial charge in [0.05, 0.1) is 11.5 Å². The van der Waals surface area contributed by atoms with Gasteiger partial charge in [0.25, 0.3) is 14.7 Å². The van der Waals surface area contributed by atoms with Crippen molar-refractivity contribution in [1.29, 1.82) is 0 Å². The Balaban J connectivity index is 3.53. The molecule has 1 aromatic carbocycles. The van der Waals surface area contributed by atoms with E-state index in [0.717, 1.165) is 12.1 Å². The van der Waals surface area contributed by atoms with Gasteiger partial charge < -0.3 is 4.74 Å². The Hall–Kier alpha value is -1.05. The van der Waals surface area contributed by atoms with Crippen molar-refractivity contribution < 1.29 is 18.1 Å². The molecule has 6 nitrogen and oxygen atoms in total. The molecule has 0 unspecified atom stereocenters. The molecule has 1 rings (SSSR count). The molecule has 0 bridgehead atoms. The molecule has 0 heterocycles. The topological polar surface area (TPSA) is 86.5 Å². The number of benzene rings is 1. The first-order valence-corrected chi connectivity index (χ1v) is 7.01. The second-order valence-electron chi connectivity index (χ2n) is 2.88. The van der Waals surface area contributed by atoms with E-state index in [-0.39, 0.29) is 17.4 Å². The van der Waals surface area contributed by atoms with Crippen LogP contribution in [-0.4, -0.2) is 19.9 Å². The highest BCUT2D eigenvalue weighted by Gasteiger charge is 2.24. The van der Waals surface area contributed by atoms with E-state index in [0.29, 0.717) is 0 Å². The first-order valence-electron chi connectivity index (χ1n) is 4.32. The number of nitro groups is 1. The van der Waals surface area contributed by atoms with Crippen LogP contribution in [0.2, 0.25) is 5.02 Å². The highest BCUT2D eigenvalue weighted by atomic mass is 35.7. The van der Waals surface area contributed by atoms with Crippen LogP contribution in [0.25, 0.3) is 0 Å². The molecule has 0 amide bonds. The van der Waals surface area contributed by atoms with Crippen LogP contribution in [0.3, 0.4) is 0 Å². The van der Waals surface area contributed by atoms with Crippen LogP contribution < -0.4 is 4.74 Å². The summed E-state index contributed by atoms with van der Waals surface area (Å²) < 4.78 is 27.5. The Labute approximate surface area is 107 Å². The van der Waals surface area contributed by atoms with Crippen molar-refractivity contribution in [2.45, 2.75) is 11.8 Å². The molecule has 0 aromatic heterocycles. The predicted octanol–water partition coefficient (Wildman–Crippen LogP) is 2.57. The first-order chi connectivity index (χ1) is 7.77. The molecule has 0 aliphatic rings. The lowest BCUT2D eigenvalue weighted by Gasteiger charge is -2.08. The van der Waals surface area contributed by atoms with Gasteiger partial charge in [0.2, 0.25) is 0 Å². The number of hydrogen-bond donors (Lipinski definition) is 0. The van der Waals surface area contributed by atoms with Crippen LogP contribution in [0.1, 0.15) is 6.92 Å². The van der Waals surface area contributed by atoms with Gasteiger partial charge in [0.15, 0.2) is 0 Å². The minimum Gasteiger partial charge on any atom is -0.492 e. The number of nitrogens with zero attached hydrogens (tertiary/aromatic N) is 1. The third-order valence-electron chi connectivity index (χ3n) is 1.77. The minimum absolute atomic E-state index is 0.113. The fourth-order valence-electron chi connectivity index (χ4n) is 1.12.